The summed E-state index contributed by atoms with van der Waals surface area (Å²) in [5.74, 6) is 0.257. The molecule has 8 heteroatoms. The van der Waals surface area contributed by atoms with Gasteiger partial charge in [0.25, 0.3) is 5.91 Å². The van der Waals surface area contributed by atoms with E-state index in [1.807, 2.05) is 4.90 Å². The fourth-order valence-corrected chi connectivity index (χ4v) is 4.53. The van der Waals surface area contributed by atoms with Gasteiger partial charge < -0.3 is 14.7 Å². The number of carbonyl (C=O) groups excluding carboxylic acids is 4. The van der Waals surface area contributed by atoms with Gasteiger partial charge in [0, 0.05) is 45.1 Å². The van der Waals surface area contributed by atoms with Crippen molar-refractivity contribution in [2.45, 2.75) is 46.0 Å². The molecule has 0 radical (unpaired) electrons. The largest absolute Gasteiger partial charge is 0.342 e. The normalized spacial score (nSPS) is 26.2. The van der Waals surface area contributed by atoms with Crippen LogP contribution in [-0.2, 0) is 14.4 Å². The van der Waals surface area contributed by atoms with Crippen molar-refractivity contribution >= 4 is 23.8 Å². The molecule has 156 valence electrons. The van der Waals surface area contributed by atoms with Gasteiger partial charge in [-0.2, -0.15) is 0 Å². The lowest BCUT2D eigenvalue weighted by molar-refractivity contribution is -0.144. The summed E-state index contributed by atoms with van der Waals surface area (Å²) in [7, 11) is 1.56. The van der Waals surface area contributed by atoms with E-state index in [0.717, 1.165) is 37.1 Å². The number of hydrogen-bond donors (Lipinski definition) is 0. The van der Waals surface area contributed by atoms with Crippen LogP contribution in [0.4, 0.5) is 4.79 Å². The van der Waals surface area contributed by atoms with Crippen molar-refractivity contribution < 1.29 is 19.2 Å². The fourth-order valence-electron chi connectivity index (χ4n) is 4.53. The van der Waals surface area contributed by atoms with E-state index >= 15 is 0 Å². The molecule has 3 heterocycles. The molecule has 0 N–H and O–H groups in total. The zero-order valence-corrected chi connectivity index (χ0v) is 17.3. The minimum Gasteiger partial charge on any atom is -0.342 e. The summed E-state index contributed by atoms with van der Waals surface area (Å²) in [4.78, 5) is 55.3. The summed E-state index contributed by atoms with van der Waals surface area (Å²) >= 11 is 0. The first kappa shape index (κ1) is 20.6. The van der Waals surface area contributed by atoms with Crippen LogP contribution in [0.1, 0.15) is 46.0 Å². The maximum atomic E-state index is 12.8. The molecule has 0 saturated carbocycles. The van der Waals surface area contributed by atoms with Crippen LogP contribution in [0, 0.1) is 11.3 Å². The van der Waals surface area contributed by atoms with E-state index in [1.165, 1.54) is 4.90 Å². The standard InChI is InChI=1S/C20H32N4O4/c1-15(2)6-10-23-14-20(8-5-16(23)25)7-4-9-22(13-20)17(26)12-24-18(27)11-21(3)19(24)28/h15H,4-14H2,1-3H3/t20-/m0/s1. The molecule has 3 saturated heterocycles. The van der Waals surface area contributed by atoms with E-state index in [2.05, 4.69) is 13.8 Å². The fraction of sp³-hybridized carbons (Fsp3) is 0.800. The highest BCUT2D eigenvalue weighted by Gasteiger charge is 2.43. The number of urea groups is 1. The van der Waals surface area contributed by atoms with E-state index in [9.17, 15) is 19.2 Å². The summed E-state index contributed by atoms with van der Waals surface area (Å²) in [6, 6.07) is -0.409. The predicted molar refractivity (Wildman–Crippen MR) is 103 cm³/mol. The molecule has 8 nitrogen and oxygen atoms in total. The SMILES string of the molecule is CC(C)CCN1C[C@@]2(CCCN(C(=O)CN3C(=O)CN(C)C3=O)C2)CCC1=O. The molecular formula is C20H32N4O4. The first-order valence-corrected chi connectivity index (χ1v) is 10.3. The molecule has 0 bridgehead atoms. The number of likely N-dealkylation sites (tertiary alicyclic amines) is 2. The third kappa shape index (κ3) is 4.31. The van der Waals surface area contributed by atoms with Crippen LogP contribution < -0.4 is 0 Å². The highest BCUT2D eigenvalue weighted by molar-refractivity contribution is 6.04. The second kappa shape index (κ2) is 8.09. The molecule has 1 spiro atoms. The third-order valence-electron chi connectivity index (χ3n) is 6.26. The first-order chi connectivity index (χ1) is 13.2. The second-order valence-electron chi connectivity index (χ2n) is 9.04. The average molecular weight is 393 g/mol. The van der Waals surface area contributed by atoms with Gasteiger partial charge in [-0.25, -0.2) is 4.79 Å². The molecule has 1 atom stereocenters. The van der Waals surface area contributed by atoms with Crippen molar-refractivity contribution in [3.05, 3.63) is 0 Å². The zero-order chi connectivity index (χ0) is 20.5. The van der Waals surface area contributed by atoms with Crippen LogP contribution in [0.2, 0.25) is 0 Å². The Morgan fingerprint density at radius 3 is 2.50 bits per heavy atom. The molecule has 3 aliphatic rings. The Bertz CT molecular complexity index is 665. The Kier molecular flexibility index (Phi) is 5.95. The van der Waals surface area contributed by atoms with Crippen LogP contribution in [0.15, 0.2) is 0 Å². The smallest absolute Gasteiger partial charge is 0.327 e. The number of nitrogens with zero attached hydrogens (tertiary/aromatic N) is 4. The molecule has 0 aromatic heterocycles. The van der Waals surface area contributed by atoms with Crippen molar-refractivity contribution in [1.29, 1.82) is 0 Å². The van der Waals surface area contributed by atoms with Gasteiger partial charge in [-0.05, 0) is 31.6 Å². The van der Waals surface area contributed by atoms with Crippen LogP contribution >= 0.6 is 0 Å². The van der Waals surface area contributed by atoms with E-state index in [1.54, 1.807) is 11.9 Å². The van der Waals surface area contributed by atoms with Gasteiger partial charge in [0.15, 0.2) is 0 Å². The summed E-state index contributed by atoms with van der Waals surface area (Å²) in [5.41, 5.74) is -0.0609. The van der Waals surface area contributed by atoms with Crippen molar-refractivity contribution in [2.24, 2.45) is 11.3 Å². The monoisotopic (exact) mass is 392 g/mol. The maximum Gasteiger partial charge on any atom is 0.327 e. The number of likely N-dealkylation sites (N-methyl/N-ethyl adjacent to an activating group) is 1. The Morgan fingerprint density at radius 1 is 1.11 bits per heavy atom. The molecular weight excluding hydrogens is 360 g/mol. The number of imide groups is 1. The van der Waals surface area contributed by atoms with Crippen molar-refractivity contribution in [3.63, 3.8) is 0 Å². The summed E-state index contributed by atoms with van der Waals surface area (Å²) < 4.78 is 0. The Hall–Kier alpha value is -2.12. The minimum atomic E-state index is -0.409. The van der Waals surface area contributed by atoms with Gasteiger partial charge in [-0.1, -0.05) is 13.8 Å². The topological polar surface area (TPSA) is 81.2 Å². The highest BCUT2D eigenvalue weighted by Crippen LogP contribution is 2.39. The Morgan fingerprint density at radius 2 is 1.86 bits per heavy atom. The molecule has 0 aliphatic carbocycles. The van der Waals surface area contributed by atoms with Crippen LogP contribution in [0.5, 0.6) is 0 Å². The molecule has 0 aromatic carbocycles. The number of carbonyl (C=O) groups is 4. The minimum absolute atomic E-state index is 0.0307. The maximum absolute atomic E-state index is 12.8. The molecule has 0 aromatic rings. The Labute approximate surface area is 166 Å². The van der Waals surface area contributed by atoms with Gasteiger partial charge in [-0.3, -0.25) is 19.3 Å². The lowest BCUT2D eigenvalue weighted by Gasteiger charge is -2.48. The molecule has 28 heavy (non-hydrogen) atoms. The van der Waals surface area contributed by atoms with Gasteiger partial charge >= 0.3 is 6.03 Å². The lowest BCUT2D eigenvalue weighted by atomic mass is 9.73. The summed E-state index contributed by atoms with van der Waals surface area (Å²) in [6.07, 6.45) is 4.22. The van der Waals surface area contributed by atoms with Gasteiger partial charge in [0.2, 0.25) is 11.8 Å². The quantitative estimate of drug-likeness (QED) is 0.658. The molecule has 3 fully saturated rings. The van der Waals surface area contributed by atoms with Gasteiger partial charge in [-0.15, -0.1) is 0 Å². The first-order valence-electron chi connectivity index (χ1n) is 10.3. The predicted octanol–water partition coefficient (Wildman–Crippen LogP) is 1.16. The number of amides is 5. The van der Waals surface area contributed by atoms with Crippen LogP contribution in [-0.4, -0.2) is 89.7 Å². The average Bonchev–Trinajstić information content (AvgIpc) is 2.89. The van der Waals surface area contributed by atoms with Crippen molar-refractivity contribution in [2.75, 3.05) is 46.3 Å². The number of rotatable bonds is 5. The summed E-state index contributed by atoms with van der Waals surface area (Å²) in [6.45, 7) is 6.88. The summed E-state index contributed by atoms with van der Waals surface area (Å²) in [5, 5.41) is 0. The van der Waals surface area contributed by atoms with Crippen molar-refractivity contribution in [3.8, 4) is 0 Å². The van der Waals surface area contributed by atoms with Gasteiger partial charge in [0.1, 0.15) is 13.1 Å². The number of piperidine rings is 2. The molecule has 0 unspecified atom stereocenters. The molecule has 5 amide bonds. The zero-order valence-electron chi connectivity index (χ0n) is 17.3. The van der Waals surface area contributed by atoms with Gasteiger partial charge in [0.05, 0.1) is 0 Å². The highest BCUT2D eigenvalue weighted by atomic mass is 16.2. The van der Waals surface area contributed by atoms with Crippen molar-refractivity contribution in [1.82, 2.24) is 19.6 Å². The third-order valence-corrected chi connectivity index (χ3v) is 6.26. The second-order valence-corrected chi connectivity index (χ2v) is 9.04. The van der Waals surface area contributed by atoms with E-state index < -0.39 is 6.03 Å². The Balaban J connectivity index is 1.62. The van der Waals surface area contributed by atoms with Crippen LogP contribution in [0.3, 0.4) is 0 Å². The van der Waals surface area contributed by atoms with Crippen LogP contribution in [0.25, 0.3) is 0 Å². The van der Waals surface area contributed by atoms with E-state index in [4.69, 9.17) is 0 Å². The van der Waals surface area contributed by atoms with E-state index in [0.29, 0.717) is 32.0 Å². The molecule has 3 aliphatic heterocycles. The number of hydrogen-bond acceptors (Lipinski definition) is 4. The lowest BCUT2D eigenvalue weighted by Crippen LogP contribution is -2.56. The van der Waals surface area contributed by atoms with E-state index in [-0.39, 0.29) is 36.2 Å². The molecule has 3 rings (SSSR count).